The molecule has 1 aromatic carbocycles. The van der Waals surface area contributed by atoms with E-state index in [4.69, 9.17) is 15.4 Å². The zero-order valence-electron chi connectivity index (χ0n) is 14.8. The van der Waals surface area contributed by atoms with Crippen LogP contribution in [0.1, 0.15) is 19.4 Å². The van der Waals surface area contributed by atoms with Gasteiger partial charge >= 0.3 is 5.97 Å². The monoisotopic (exact) mass is 402 g/mol. The molecule has 2 atom stereocenters. The first-order valence-electron chi connectivity index (χ1n) is 7.48. The minimum absolute atomic E-state index is 0.0426. The number of nitrogens with two attached hydrogens (primary N) is 1. The Hall–Kier alpha value is -1.88. The number of aliphatic carboxylic acids is 1. The van der Waals surface area contributed by atoms with Crippen molar-refractivity contribution < 1.29 is 27.7 Å². The van der Waals surface area contributed by atoms with Gasteiger partial charge in [0.2, 0.25) is 5.91 Å². The highest BCUT2D eigenvalue weighted by atomic mass is 32.2. The minimum Gasteiger partial charge on any atom is -0.477 e. The minimum atomic E-state index is -4.02. The lowest BCUT2D eigenvalue weighted by molar-refractivity contribution is -0.147. The summed E-state index contributed by atoms with van der Waals surface area (Å²) in [6, 6.07) is 5.40. The number of carboxylic acid groups (broad SMARTS) is 1. The number of carboxylic acids is 1. The number of hydrogen-bond acceptors (Lipinski definition) is 6. The number of hydrogen-bond donors (Lipinski definition) is 3. The van der Waals surface area contributed by atoms with E-state index in [1.54, 1.807) is 32.2 Å². The van der Waals surface area contributed by atoms with Crippen LogP contribution in [-0.4, -0.2) is 52.5 Å². The summed E-state index contributed by atoms with van der Waals surface area (Å²) >= 11 is 1.38. The van der Waals surface area contributed by atoms with E-state index in [1.807, 2.05) is 6.92 Å². The van der Waals surface area contributed by atoms with E-state index in [2.05, 4.69) is 0 Å². The average molecular weight is 402 g/mol. The fourth-order valence-corrected chi connectivity index (χ4v) is 3.55. The molecule has 0 saturated carbocycles. The summed E-state index contributed by atoms with van der Waals surface area (Å²) in [6.45, 7) is 5.17. The molecule has 0 spiro atoms. The summed E-state index contributed by atoms with van der Waals surface area (Å²) in [4.78, 5) is 23.6. The van der Waals surface area contributed by atoms with E-state index < -0.39 is 22.1 Å². The summed E-state index contributed by atoms with van der Waals surface area (Å²) in [5.74, 6) is -1.41. The first-order chi connectivity index (χ1) is 11.9. The van der Waals surface area contributed by atoms with Crippen molar-refractivity contribution in [3.63, 3.8) is 0 Å². The molecule has 0 aromatic heterocycles. The highest BCUT2D eigenvalue weighted by molar-refractivity contribution is 7.99. The fourth-order valence-electron chi connectivity index (χ4n) is 2.24. The molecule has 1 aromatic rings. The van der Waals surface area contributed by atoms with Gasteiger partial charge in [0.05, 0.1) is 4.90 Å². The Bertz CT molecular complexity index is 814. The molecule has 1 fully saturated rings. The van der Waals surface area contributed by atoms with Crippen LogP contribution in [-0.2, 0) is 19.7 Å². The number of carbonyl (C=O) groups excluding carboxylic acids is 1. The standard InChI is InChI=1S/C9H14N2O3S.C7H8O3S/c1-4(2)6(9(13)14)11-7(12)5(10)8(11)15-3;1-6-2-4-7(5-3-6)11(8,9)10/h5,8H,10H2,1-3H3,(H,13,14);2-5H,1H3,(H,8,9,10)/t5-,8-;/m1./s1. The Kier molecular flexibility index (Phi) is 7.39. The van der Waals surface area contributed by atoms with Gasteiger partial charge in [-0.3, -0.25) is 14.2 Å². The number of likely N-dealkylation sites (tertiary alicyclic amines) is 1. The molecule has 0 bridgehead atoms. The zero-order chi connectivity index (χ0) is 20.2. The molecule has 1 amide bonds. The van der Waals surface area contributed by atoms with E-state index in [0.29, 0.717) is 5.57 Å². The first-order valence-corrected chi connectivity index (χ1v) is 10.2. The van der Waals surface area contributed by atoms with Crippen molar-refractivity contribution in [2.24, 2.45) is 5.73 Å². The van der Waals surface area contributed by atoms with E-state index in [1.165, 1.54) is 28.8 Å². The number of amides is 1. The summed E-state index contributed by atoms with van der Waals surface area (Å²) in [6.07, 6.45) is 1.80. The molecule has 8 nitrogen and oxygen atoms in total. The number of aryl methyl sites for hydroxylation is 1. The van der Waals surface area contributed by atoms with Crippen molar-refractivity contribution in [2.45, 2.75) is 37.1 Å². The molecule has 2 rings (SSSR count). The van der Waals surface area contributed by atoms with E-state index in [-0.39, 0.29) is 21.9 Å². The highest BCUT2D eigenvalue weighted by Crippen LogP contribution is 2.32. The second-order valence-electron chi connectivity index (χ2n) is 5.80. The van der Waals surface area contributed by atoms with Crippen molar-refractivity contribution in [3.8, 4) is 0 Å². The van der Waals surface area contributed by atoms with Crippen molar-refractivity contribution >= 4 is 33.8 Å². The summed E-state index contributed by atoms with van der Waals surface area (Å²) in [5.41, 5.74) is 7.18. The molecule has 4 N–H and O–H groups in total. The normalized spacial score (nSPS) is 19.2. The molecule has 0 unspecified atom stereocenters. The van der Waals surface area contributed by atoms with Crippen LogP contribution in [0, 0.1) is 6.92 Å². The Morgan fingerprint density at radius 2 is 1.73 bits per heavy atom. The zero-order valence-corrected chi connectivity index (χ0v) is 16.5. The lowest BCUT2D eigenvalue weighted by atomic mass is 10.1. The maximum atomic E-state index is 11.5. The number of benzene rings is 1. The van der Waals surface area contributed by atoms with Gasteiger partial charge in [-0.2, -0.15) is 8.42 Å². The third-order valence-corrected chi connectivity index (χ3v) is 5.42. The number of rotatable bonds is 4. The smallest absolute Gasteiger partial charge is 0.352 e. The second kappa shape index (κ2) is 8.67. The molecule has 144 valence electrons. The van der Waals surface area contributed by atoms with E-state index >= 15 is 0 Å². The van der Waals surface area contributed by atoms with Crippen molar-refractivity contribution in [2.75, 3.05) is 6.26 Å². The number of nitrogens with zero attached hydrogens (tertiary/aromatic N) is 1. The number of thioether (sulfide) groups is 1. The van der Waals surface area contributed by atoms with Gasteiger partial charge in [0.1, 0.15) is 17.1 Å². The fraction of sp³-hybridized carbons (Fsp3) is 0.375. The van der Waals surface area contributed by atoms with Crippen molar-refractivity contribution in [1.82, 2.24) is 4.90 Å². The molecule has 0 aliphatic carbocycles. The largest absolute Gasteiger partial charge is 0.477 e. The van der Waals surface area contributed by atoms with Crippen molar-refractivity contribution in [1.29, 1.82) is 0 Å². The van der Waals surface area contributed by atoms with Crippen molar-refractivity contribution in [3.05, 3.63) is 41.1 Å². The van der Waals surface area contributed by atoms with Gasteiger partial charge in [-0.05, 0) is 44.7 Å². The molecule has 1 aliphatic heterocycles. The maximum Gasteiger partial charge on any atom is 0.352 e. The third kappa shape index (κ3) is 5.07. The SMILES string of the molecule is CS[C@@H]1[C@H](N)C(=O)N1C(C(=O)O)=C(C)C.Cc1ccc(S(=O)(=O)O)cc1. The summed E-state index contributed by atoms with van der Waals surface area (Å²) < 4.78 is 29.6. The van der Waals surface area contributed by atoms with Gasteiger partial charge in [-0.25, -0.2) is 4.79 Å². The number of β-lactam (4-membered cyclic amide) rings is 1. The summed E-state index contributed by atoms with van der Waals surface area (Å²) in [5, 5.41) is 8.73. The van der Waals surface area contributed by atoms with E-state index in [0.717, 1.165) is 5.56 Å². The van der Waals surface area contributed by atoms with Crippen LogP contribution in [0.15, 0.2) is 40.4 Å². The van der Waals surface area contributed by atoms with Gasteiger partial charge in [0, 0.05) is 0 Å². The molecule has 1 saturated heterocycles. The van der Waals surface area contributed by atoms with Crippen LogP contribution in [0.25, 0.3) is 0 Å². The molecule has 0 radical (unpaired) electrons. The Labute approximate surface area is 156 Å². The Balaban J connectivity index is 0.000000273. The van der Waals surface area contributed by atoms with Gasteiger partial charge in [0.25, 0.3) is 10.1 Å². The first kappa shape index (κ1) is 22.2. The van der Waals surface area contributed by atoms with Crippen LogP contribution < -0.4 is 5.73 Å². The molecule has 1 heterocycles. The Morgan fingerprint density at radius 1 is 1.23 bits per heavy atom. The number of allylic oxidation sites excluding steroid dienone is 1. The molecular weight excluding hydrogens is 380 g/mol. The predicted molar refractivity (Wildman–Crippen MR) is 99.1 cm³/mol. The number of carbonyl (C=O) groups is 2. The predicted octanol–water partition coefficient (Wildman–Crippen LogP) is 1.47. The lowest BCUT2D eigenvalue weighted by Gasteiger charge is -2.44. The molecule has 1 aliphatic rings. The lowest BCUT2D eigenvalue weighted by Crippen LogP contribution is -2.67. The Morgan fingerprint density at radius 3 is 2.08 bits per heavy atom. The van der Waals surface area contributed by atoms with E-state index in [9.17, 15) is 18.0 Å². The van der Waals surface area contributed by atoms with Crippen LogP contribution in [0.5, 0.6) is 0 Å². The second-order valence-corrected chi connectivity index (χ2v) is 8.18. The topological polar surface area (TPSA) is 138 Å². The van der Waals surface area contributed by atoms with Gasteiger partial charge in [-0.15, -0.1) is 11.8 Å². The van der Waals surface area contributed by atoms with Crippen LogP contribution in [0.3, 0.4) is 0 Å². The van der Waals surface area contributed by atoms with Crippen LogP contribution in [0.4, 0.5) is 0 Å². The van der Waals surface area contributed by atoms with Gasteiger partial charge in [-0.1, -0.05) is 17.7 Å². The average Bonchev–Trinajstić information content (AvgIpc) is 2.53. The molecular formula is C16H22N2O6S2. The summed E-state index contributed by atoms with van der Waals surface area (Å²) in [7, 11) is -4.02. The third-order valence-electron chi connectivity index (χ3n) is 3.56. The van der Waals surface area contributed by atoms with Gasteiger partial charge in [0.15, 0.2) is 0 Å². The van der Waals surface area contributed by atoms with Crippen LogP contribution in [0.2, 0.25) is 0 Å². The molecule has 26 heavy (non-hydrogen) atoms. The molecule has 10 heteroatoms. The quantitative estimate of drug-likeness (QED) is 0.391. The highest BCUT2D eigenvalue weighted by Gasteiger charge is 2.48. The van der Waals surface area contributed by atoms with Gasteiger partial charge < -0.3 is 10.8 Å². The maximum absolute atomic E-state index is 11.5. The van der Waals surface area contributed by atoms with Crippen LogP contribution >= 0.6 is 11.8 Å².